The summed E-state index contributed by atoms with van der Waals surface area (Å²) in [4.78, 5) is 45.5. The predicted molar refractivity (Wildman–Crippen MR) is 153 cm³/mol. The summed E-state index contributed by atoms with van der Waals surface area (Å²) < 4.78 is 0. The van der Waals surface area contributed by atoms with E-state index in [1.165, 1.54) is 5.01 Å². The first kappa shape index (κ1) is 28.3. The molecule has 2 aliphatic heterocycles. The van der Waals surface area contributed by atoms with Crippen LogP contribution in [-0.4, -0.2) is 70.0 Å². The molecule has 5 rings (SSSR count). The zero-order valence-corrected chi connectivity index (χ0v) is 23.3. The zero-order valence-electron chi connectivity index (χ0n) is 22.4. The summed E-state index contributed by atoms with van der Waals surface area (Å²) in [6.07, 6.45) is 3.11. The standard InChI is InChI=1S/C29H34N6O3.ClH/c1-28(2,30)26(37)32-23(15-20-17-31-22-12-8-7-11-21(20)22)25(36)35-14-13-24-29(18-35,27(38)34(3)33-24)16-19-9-5-4-6-10-19;/h4-12,17,23,31H,13-16,18,30H2,1-3H3,(H,32,37);1H/t23-,29-;/m1./s1. The quantitative estimate of drug-likeness (QED) is 0.418. The van der Waals surface area contributed by atoms with E-state index in [4.69, 9.17) is 5.73 Å². The highest BCUT2D eigenvalue weighted by molar-refractivity contribution is 6.13. The van der Waals surface area contributed by atoms with Crippen molar-refractivity contribution in [3.8, 4) is 0 Å². The number of hydrogen-bond acceptors (Lipinski definition) is 5. The molecule has 2 aromatic carbocycles. The number of aromatic nitrogens is 1. The van der Waals surface area contributed by atoms with E-state index < -0.39 is 22.9 Å². The SMILES string of the molecule is CN1N=C2CCN(C(=O)[C@@H](Cc3c[nH]c4ccccc34)NC(=O)C(C)(C)N)C[C@@]2(Cc2ccccc2)C1=O.Cl. The third-order valence-corrected chi connectivity index (χ3v) is 7.55. The number of carbonyl (C=O) groups excluding carboxylic acids is 3. The van der Waals surface area contributed by atoms with Crippen molar-refractivity contribution in [1.82, 2.24) is 20.2 Å². The van der Waals surface area contributed by atoms with Gasteiger partial charge in [-0.15, -0.1) is 12.4 Å². The summed E-state index contributed by atoms with van der Waals surface area (Å²) in [5.41, 5.74) is 7.68. The molecule has 4 N–H and O–H groups in total. The zero-order chi connectivity index (χ0) is 27.1. The molecule has 0 aliphatic carbocycles. The maximum absolute atomic E-state index is 14.1. The van der Waals surface area contributed by atoms with Crippen LogP contribution in [0.3, 0.4) is 0 Å². The monoisotopic (exact) mass is 550 g/mol. The van der Waals surface area contributed by atoms with Crippen LogP contribution in [0, 0.1) is 5.41 Å². The molecule has 9 nitrogen and oxygen atoms in total. The first-order valence-corrected chi connectivity index (χ1v) is 12.9. The molecule has 1 saturated heterocycles. The molecule has 0 saturated carbocycles. The second kappa shape index (κ2) is 10.8. The molecule has 206 valence electrons. The lowest BCUT2D eigenvalue weighted by atomic mass is 9.73. The number of hydrogen-bond donors (Lipinski definition) is 3. The number of H-pyrrole nitrogens is 1. The third kappa shape index (κ3) is 5.42. The smallest absolute Gasteiger partial charge is 0.256 e. The molecule has 0 bridgehead atoms. The molecule has 2 atom stereocenters. The number of nitrogens with two attached hydrogens (primary N) is 1. The van der Waals surface area contributed by atoms with Gasteiger partial charge in [-0.3, -0.25) is 14.4 Å². The van der Waals surface area contributed by atoms with E-state index in [-0.39, 0.29) is 30.8 Å². The van der Waals surface area contributed by atoms with Crippen LogP contribution in [-0.2, 0) is 27.2 Å². The van der Waals surface area contributed by atoms with Crippen molar-refractivity contribution in [2.24, 2.45) is 16.3 Å². The molecule has 0 spiro atoms. The van der Waals surface area contributed by atoms with E-state index in [2.05, 4.69) is 15.4 Å². The van der Waals surface area contributed by atoms with E-state index >= 15 is 0 Å². The van der Waals surface area contributed by atoms with Gasteiger partial charge in [-0.2, -0.15) is 5.10 Å². The topological polar surface area (TPSA) is 124 Å². The number of nitrogens with one attached hydrogen (secondary N) is 2. The van der Waals surface area contributed by atoms with E-state index in [0.717, 1.165) is 27.7 Å². The lowest BCUT2D eigenvalue weighted by Crippen LogP contribution is -2.61. The molecule has 2 aliphatic rings. The number of halogens is 1. The van der Waals surface area contributed by atoms with Crippen LogP contribution >= 0.6 is 12.4 Å². The Morgan fingerprint density at radius 1 is 1.15 bits per heavy atom. The molecule has 0 unspecified atom stereocenters. The van der Waals surface area contributed by atoms with Gasteiger partial charge in [0, 0.05) is 50.1 Å². The maximum atomic E-state index is 14.1. The molecular formula is C29H35ClN6O3. The van der Waals surface area contributed by atoms with Crippen molar-refractivity contribution in [2.45, 2.75) is 44.7 Å². The van der Waals surface area contributed by atoms with Gasteiger partial charge >= 0.3 is 0 Å². The molecule has 1 fully saturated rings. The fourth-order valence-electron chi connectivity index (χ4n) is 5.50. The summed E-state index contributed by atoms with van der Waals surface area (Å²) in [6.45, 7) is 3.85. The average molecular weight is 551 g/mol. The number of carbonyl (C=O) groups is 3. The Morgan fingerprint density at radius 2 is 1.85 bits per heavy atom. The highest BCUT2D eigenvalue weighted by Crippen LogP contribution is 2.38. The number of benzene rings is 2. The van der Waals surface area contributed by atoms with Gasteiger partial charge in [0.25, 0.3) is 5.91 Å². The van der Waals surface area contributed by atoms with Gasteiger partial charge in [0.2, 0.25) is 11.8 Å². The van der Waals surface area contributed by atoms with Crippen molar-refractivity contribution < 1.29 is 14.4 Å². The summed E-state index contributed by atoms with van der Waals surface area (Å²) in [6, 6.07) is 16.8. The molecule has 1 aromatic heterocycles. The minimum absolute atomic E-state index is 0. The molecule has 10 heteroatoms. The minimum atomic E-state index is -1.15. The van der Waals surface area contributed by atoms with Gasteiger partial charge in [-0.05, 0) is 37.5 Å². The Balaban J connectivity index is 0.00000353. The summed E-state index contributed by atoms with van der Waals surface area (Å²) >= 11 is 0. The number of nitrogens with zero attached hydrogens (tertiary/aromatic N) is 3. The summed E-state index contributed by atoms with van der Waals surface area (Å²) in [5.74, 6) is -0.762. The number of rotatable bonds is 7. The number of para-hydroxylation sites is 1. The van der Waals surface area contributed by atoms with Crippen LogP contribution in [0.25, 0.3) is 10.9 Å². The third-order valence-electron chi connectivity index (χ3n) is 7.55. The van der Waals surface area contributed by atoms with Crippen molar-refractivity contribution in [2.75, 3.05) is 20.1 Å². The lowest BCUT2D eigenvalue weighted by Gasteiger charge is -2.41. The van der Waals surface area contributed by atoms with Crippen molar-refractivity contribution in [3.05, 3.63) is 71.9 Å². The molecular weight excluding hydrogens is 516 g/mol. The average Bonchev–Trinajstić information content (AvgIpc) is 3.41. The fourth-order valence-corrected chi connectivity index (χ4v) is 5.50. The molecule has 39 heavy (non-hydrogen) atoms. The predicted octanol–water partition coefficient (Wildman–Crippen LogP) is 2.64. The maximum Gasteiger partial charge on any atom is 0.256 e. The fraction of sp³-hybridized carbons (Fsp3) is 0.379. The van der Waals surface area contributed by atoms with Crippen LogP contribution in [0.1, 0.15) is 31.4 Å². The van der Waals surface area contributed by atoms with Gasteiger partial charge in [0.15, 0.2) is 0 Å². The number of likely N-dealkylation sites (tertiary alicyclic amines) is 1. The van der Waals surface area contributed by atoms with Gasteiger partial charge in [-0.1, -0.05) is 48.5 Å². The van der Waals surface area contributed by atoms with Crippen molar-refractivity contribution in [1.29, 1.82) is 0 Å². The van der Waals surface area contributed by atoms with E-state index in [1.54, 1.807) is 25.8 Å². The number of fused-ring (bicyclic) bond motifs is 2. The van der Waals surface area contributed by atoms with Gasteiger partial charge in [0.05, 0.1) is 11.3 Å². The number of hydrazone groups is 1. The number of amides is 3. The lowest BCUT2D eigenvalue weighted by molar-refractivity contribution is -0.142. The Morgan fingerprint density at radius 3 is 2.56 bits per heavy atom. The minimum Gasteiger partial charge on any atom is -0.361 e. The Bertz CT molecular complexity index is 1410. The van der Waals surface area contributed by atoms with Gasteiger partial charge in [-0.25, -0.2) is 5.01 Å². The molecule has 3 amide bonds. The summed E-state index contributed by atoms with van der Waals surface area (Å²) in [5, 5.41) is 9.84. The Kier molecular flexibility index (Phi) is 7.86. The molecule has 3 heterocycles. The first-order valence-electron chi connectivity index (χ1n) is 12.9. The van der Waals surface area contributed by atoms with E-state index in [9.17, 15) is 14.4 Å². The normalized spacial score (nSPS) is 19.8. The van der Waals surface area contributed by atoms with Crippen LogP contribution in [0.5, 0.6) is 0 Å². The molecule has 3 aromatic rings. The molecule has 0 radical (unpaired) electrons. The van der Waals surface area contributed by atoms with Gasteiger partial charge in [0.1, 0.15) is 11.5 Å². The highest BCUT2D eigenvalue weighted by Gasteiger charge is 2.54. The Hall–Kier alpha value is -3.69. The van der Waals surface area contributed by atoms with Crippen molar-refractivity contribution >= 4 is 46.7 Å². The first-order chi connectivity index (χ1) is 18.1. The second-order valence-electron chi connectivity index (χ2n) is 10.9. The van der Waals surface area contributed by atoms with Gasteiger partial charge < -0.3 is 20.9 Å². The Labute approximate surface area is 234 Å². The highest BCUT2D eigenvalue weighted by atomic mass is 35.5. The van der Waals surface area contributed by atoms with E-state index in [1.807, 2.05) is 60.8 Å². The van der Waals surface area contributed by atoms with Crippen LogP contribution in [0.15, 0.2) is 65.9 Å². The van der Waals surface area contributed by atoms with Crippen LogP contribution in [0.2, 0.25) is 0 Å². The largest absolute Gasteiger partial charge is 0.361 e. The number of aromatic amines is 1. The summed E-state index contributed by atoms with van der Waals surface area (Å²) in [7, 11) is 1.66. The van der Waals surface area contributed by atoms with E-state index in [0.29, 0.717) is 25.8 Å². The van der Waals surface area contributed by atoms with Crippen LogP contribution < -0.4 is 11.1 Å². The second-order valence-corrected chi connectivity index (χ2v) is 10.9. The van der Waals surface area contributed by atoms with Crippen LogP contribution in [0.4, 0.5) is 0 Å². The van der Waals surface area contributed by atoms with Crippen molar-refractivity contribution in [3.63, 3.8) is 0 Å². The number of piperidine rings is 1.